The average Bonchev–Trinajstić information content (AvgIpc) is 3.01. The molecule has 1 N–H and O–H groups in total. The van der Waals surface area contributed by atoms with Crippen molar-refractivity contribution in [1.82, 2.24) is 19.4 Å². The van der Waals surface area contributed by atoms with E-state index < -0.39 is 0 Å². The zero-order chi connectivity index (χ0) is 18.1. The van der Waals surface area contributed by atoms with Crippen LogP contribution in [-0.4, -0.2) is 25.3 Å². The average molecular weight is 343 g/mol. The standard InChI is InChI=1S/C20H17N5O/c1-13-8-9-17-23-18(15-6-4-3-5-7-15)19(25(17)12-13)24-20(26)16-11-21-14(2)10-22-16/h3-12H,1-2H3,(H,24,26). The third-order valence-corrected chi connectivity index (χ3v) is 4.06. The fourth-order valence-electron chi connectivity index (χ4n) is 2.75. The molecule has 0 spiro atoms. The van der Waals surface area contributed by atoms with Crippen molar-refractivity contribution in [1.29, 1.82) is 0 Å². The zero-order valence-corrected chi connectivity index (χ0v) is 14.5. The molecule has 0 aliphatic carbocycles. The molecule has 1 amide bonds. The smallest absolute Gasteiger partial charge is 0.277 e. The summed E-state index contributed by atoms with van der Waals surface area (Å²) in [5.74, 6) is 0.292. The highest BCUT2D eigenvalue weighted by molar-refractivity contribution is 6.04. The Bertz CT molecular complexity index is 1080. The molecular formula is C20H17N5O. The number of aryl methyl sites for hydroxylation is 2. The molecule has 6 heteroatoms. The molecule has 4 aromatic rings. The first-order valence-corrected chi connectivity index (χ1v) is 8.26. The third-order valence-electron chi connectivity index (χ3n) is 4.06. The van der Waals surface area contributed by atoms with Crippen molar-refractivity contribution in [2.45, 2.75) is 13.8 Å². The minimum Gasteiger partial charge on any atom is -0.304 e. The van der Waals surface area contributed by atoms with Crippen LogP contribution in [0.15, 0.2) is 61.1 Å². The predicted molar refractivity (Wildman–Crippen MR) is 100 cm³/mol. The number of hydrogen-bond donors (Lipinski definition) is 1. The Morgan fingerprint density at radius 3 is 2.54 bits per heavy atom. The monoisotopic (exact) mass is 343 g/mol. The van der Waals surface area contributed by atoms with Gasteiger partial charge >= 0.3 is 0 Å². The Hall–Kier alpha value is -3.54. The van der Waals surface area contributed by atoms with Gasteiger partial charge in [-0.3, -0.25) is 14.2 Å². The van der Waals surface area contributed by atoms with E-state index in [-0.39, 0.29) is 11.6 Å². The van der Waals surface area contributed by atoms with Crippen molar-refractivity contribution in [2.24, 2.45) is 0 Å². The fourth-order valence-corrected chi connectivity index (χ4v) is 2.75. The lowest BCUT2D eigenvalue weighted by molar-refractivity contribution is 0.102. The highest BCUT2D eigenvalue weighted by atomic mass is 16.2. The lowest BCUT2D eigenvalue weighted by Crippen LogP contribution is -2.16. The quantitative estimate of drug-likeness (QED) is 0.616. The van der Waals surface area contributed by atoms with Gasteiger partial charge < -0.3 is 5.32 Å². The summed E-state index contributed by atoms with van der Waals surface area (Å²) in [6.45, 7) is 3.83. The topological polar surface area (TPSA) is 72.2 Å². The Morgan fingerprint density at radius 2 is 1.81 bits per heavy atom. The van der Waals surface area contributed by atoms with Crippen LogP contribution in [0.1, 0.15) is 21.7 Å². The van der Waals surface area contributed by atoms with Gasteiger partial charge in [0.25, 0.3) is 5.91 Å². The van der Waals surface area contributed by atoms with E-state index in [2.05, 4.69) is 15.3 Å². The molecule has 0 aliphatic rings. The van der Waals surface area contributed by atoms with Crippen LogP contribution in [-0.2, 0) is 0 Å². The summed E-state index contributed by atoms with van der Waals surface area (Å²) in [5, 5.41) is 2.95. The Labute approximate surface area is 150 Å². The normalized spacial score (nSPS) is 10.8. The number of carbonyl (C=O) groups is 1. The maximum absolute atomic E-state index is 12.7. The van der Waals surface area contributed by atoms with Crippen LogP contribution in [0.2, 0.25) is 0 Å². The van der Waals surface area contributed by atoms with E-state index in [0.717, 1.165) is 22.5 Å². The van der Waals surface area contributed by atoms with Crippen molar-refractivity contribution in [3.8, 4) is 11.3 Å². The largest absolute Gasteiger partial charge is 0.304 e. The number of carbonyl (C=O) groups excluding carboxylic acids is 1. The van der Waals surface area contributed by atoms with Crippen molar-refractivity contribution < 1.29 is 4.79 Å². The summed E-state index contributed by atoms with van der Waals surface area (Å²) in [5.41, 5.74) is 4.50. The summed E-state index contributed by atoms with van der Waals surface area (Å²) in [4.78, 5) is 25.7. The summed E-state index contributed by atoms with van der Waals surface area (Å²) in [6, 6.07) is 13.7. The number of aromatic nitrogens is 4. The molecule has 0 saturated heterocycles. The number of nitrogens with one attached hydrogen (secondary N) is 1. The number of amides is 1. The van der Waals surface area contributed by atoms with Crippen LogP contribution in [0, 0.1) is 13.8 Å². The lowest BCUT2D eigenvalue weighted by atomic mass is 10.1. The number of anilines is 1. The van der Waals surface area contributed by atoms with E-state index in [4.69, 9.17) is 4.98 Å². The molecule has 6 nitrogen and oxygen atoms in total. The van der Waals surface area contributed by atoms with Gasteiger partial charge in [0.05, 0.1) is 11.9 Å². The van der Waals surface area contributed by atoms with E-state index in [1.165, 1.54) is 6.20 Å². The molecule has 0 unspecified atom stereocenters. The van der Waals surface area contributed by atoms with Crippen LogP contribution >= 0.6 is 0 Å². The first-order chi connectivity index (χ1) is 12.6. The summed E-state index contributed by atoms with van der Waals surface area (Å²) in [6.07, 6.45) is 5.00. The van der Waals surface area contributed by atoms with E-state index in [1.807, 2.05) is 66.9 Å². The van der Waals surface area contributed by atoms with Gasteiger partial charge in [-0.15, -0.1) is 0 Å². The third kappa shape index (κ3) is 2.93. The summed E-state index contributed by atoms with van der Waals surface area (Å²) in [7, 11) is 0. The molecule has 0 atom stereocenters. The highest BCUT2D eigenvalue weighted by Crippen LogP contribution is 2.29. The Kier molecular flexibility index (Phi) is 3.93. The fraction of sp³-hybridized carbons (Fsp3) is 0.100. The van der Waals surface area contributed by atoms with Gasteiger partial charge in [-0.2, -0.15) is 0 Å². The van der Waals surface area contributed by atoms with Gasteiger partial charge in [-0.1, -0.05) is 36.4 Å². The van der Waals surface area contributed by atoms with Gasteiger partial charge in [0.15, 0.2) is 0 Å². The molecule has 3 heterocycles. The number of nitrogens with zero attached hydrogens (tertiary/aromatic N) is 4. The molecule has 128 valence electrons. The van der Waals surface area contributed by atoms with Gasteiger partial charge in [-0.05, 0) is 25.5 Å². The van der Waals surface area contributed by atoms with Crippen LogP contribution < -0.4 is 5.32 Å². The van der Waals surface area contributed by atoms with Crippen LogP contribution in [0.5, 0.6) is 0 Å². The highest BCUT2D eigenvalue weighted by Gasteiger charge is 2.18. The van der Waals surface area contributed by atoms with Gasteiger partial charge in [-0.25, -0.2) is 9.97 Å². The van der Waals surface area contributed by atoms with Crippen LogP contribution in [0.3, 0.4) is 0 Å². The second kappa shape index (κ2) is 6.40. The number of fused-ring (bicyclic) bond motifs is 1. The molecule has 0 aliphatic heterocycles. The molecule has 26 heavy (non-hydrogen) atoms. The number of benzene rings is 1. The minimum absolute atomic E-state index is 0.261. The predicted octanol–water partition coefficient (Wildman–Crippen LogP) is 3.66. The van der Waals surface area contributed by atoms with Gasteiger partial charge in [0.1, 0.15) is 22.9 Å². The van der Waals surface area contributed by atoms with Gasteiger partial charge in [0.2, 0.25) is 0 Å². The second-order valence-electron chi connectivity index (χ2n) is 6.11. The first-order valence-electron chi connectivity index (χ1n) is 8.26. The summed E-state index contributed by atoms with van der Waals surface area (Å²) < 4.78 is 1.89. The van der Waals surface area contributed by atoms with E-state index in [1.54, 1.807) is 6.20 Å². The number of hydrogen-bond acceptors (Lipinski definition) is 4. The number of imidazole rings is 1. The maximum atomic E-state index is 12.7. The number of rotatable bonds is 3. The van der Waals surface area contributed by atoms with Crippen molar-refractivity contribution in [3.63, 3.8) is 0 Å². The van der Waals surface area contributed by atoms with E-state index >= 15 is 0 Å². The number of pyridine rings is 1. The molecule has 4 rings (SSSR count). The SMILES string of the molecule is Cc1ccc2nc(-c3ccccc3)c(NC(=O)c3cnc(C)cn3)n2c1. The van der Waals surface area contributed by atoms with E-state index in [9.17, 15) is 4.79 Å². The minimum atomic E-state index is -0.321. The molecule has 0 radical (unpaired) electrons. The van der Waals surface area contributed by atoms with Crippen molar-refractivity contribution in [2.75, 3.05) is 5.32 Å². The molecule has 0 fully saturated rings. The van der Waals surface area contributed by atoms with Gasteiger partial charge in [0, 0.05) is 18.0 Å². The molecule has 1 aromatic carbocycles. The molecular weight excluding hydrogens is 326 g/mol. The van der Waals surface area contributed by atoms with Crippen molar-refractivity contribution in [3.05, 3.63) is 78.0 Å². The second-order valence-corrected chi connectivity index (χ2v) is 6.11. The zero-order valence-electron chi connectivity index (χ0n) is 14.5. The van der Waals surface area contributed by atoms with E-state index in [0.29, 0.717) is 11.5 Å². The van der Waals surface area contributed by atoms with Crippen LogP contribution in [0.25, 0.3) is 16.9 Å². The van der Waals surface area contributed by atoms with Crippen molar-refractivity contribution >= 4 is 17.4 Å². The summed E-state index contributed by atoms with van der Waals surface area (Å²) >= 11 is 0. The van der Waals surface area contributed by atoms with Crippen LogP contribution in [0.4, 0.5) is 5.82 Å². The lowest BCUT2D eigenvalue weighted by Gasteiger charge is -2.08. The Morgan fingerprint density at radius 1 is 1.00 bits per heavy atom. The molecule has 0 saturated carbocycles. The maximum Gasteiger partial charge on any atom is 0.277 e. The molecule has 0 bridgehead atoms. The Balaban J connectivity index is 1.83. The molecule has 3 aromatic heterocycles. The first kappa shape index (κ1) is 16.0.